The number of benzene rings is 1. The molecule has 21 heavy (non-hydrogen) atoms. The highest BCUT2D eigenvalue weighted by atomic mass is 16.7. The number of hydrogen-bond donors (Lipinski definition) is 0. The lowest BCUT2D eigenvalue weighted by Crippen LogP contribution is -2.25. The van der Waals surface area contributed by atoms with Crippen LogP contribution in [0.25, 0.3) is 0 Å². The summed E-state index contributed by atoms with van der Waals surface area (Å²) in [6.45, 7) is 0.800. The summed E-state index contributed by atoms with van der Waals surface area (Å²) in [5, 5.41) is 19.7. The zero-order valence-corrected chi connectivity index (χ0v) is 12.1. The second kappa shape index (κ2) is 6.94. The van der Waals surface area contributed by atoms with E-state index in [1.165, 1.54) is 0 Å². The lowest BCUT2D eigenvalue weighted by Gasteiger charge is -2.23. The number of nitrogens with zero attached hydrogens (tertiary/aromatic N) is 3. The normalized spacial score (nSPS) is 21.5. The summed E-state index contributed by atoms with van der Waals surface area (Å²) < 4.78 is 10.5. The van der Waals surface area contributed by atoms with Gasteiger partial charge < -0.3 is 9.47 Å². The van der Waals surface area contributed by atoms with Gasteiger partial charge in [-0.1, -0.05) is 6.07 Å². The molecule has 0 bridgehead atoms. The van der Waals surface area contributed by atoms with E-state index in [0.717, 1.165) is 5.56 Å². The van der Waals surface area contributed by atoms with Crippen molar-refractivity contribution in [1.29, 1.82) is 10.5 Å². The molecule has 1 aliphatic heterocycles. The van der Waals surface area contributed by atoms with Crippen molar-refractivity contribution in [2.75, 3.05) is 27.4 Å². The van der Waals surface area contributed by atoms with Crippen LogP contribution >= 0.6 is 0 Å². The minimum Gasteiger partial charge on any atom is -0.493 e. The molecule has 1 fully saturated rings. The van der Waals surface area contributed by atoms with Crippen molar-refractivity contribution in [2.45, 2.75) is 12.5 Å². The van der Waals surface area contributed by atoms with Crippen molar-refractivity contribution in [1.82, 2.24) is 5.06 Å². The van der Waals surface area contributed by atoms with Gasteiger partial charge in [0, 0.05) is 6.54 Å². The van der Waals surface area contributed by atoms with Crippen molar-refractivity contribution >= 4 is 0 Å². The zero-order chi connectivity index (χ0) is 15.2. The molecule has 0 aliphatic carbocycles. The molecule has 0 spiro atoms. The summed E-state index contributed by atoms with van der Waals surface area (Å²) in [7, 11) is 3.15. The van der Waals surface area contributed by atoms with Crippen LogP contribution in [-0.2, 0) is 4.84 Å². The summed E-state index contributed by atoms with van der Waals surface area (Å²) in [4.78, 5) is 5.54. The van der Waals surface area contributed by atoms with E-state index in [1.54, 1.807) is 19.3 Å². The molecule has 110 valence electrons. The Balaban J connectivity index is 2.32. The third-order valence-electron chi connectivity index (χ3n) is 3.47. The van der Waals surface area contributed by atoms with Gasteiger partial charge in [0.05, 0.1) is 51.3 Å². The molecule has 1 saturated heterocycles. The third-order valence-corrected chi connectivity index (χ3v) is 3.47. The molecule has 0 radical (unpaired) electrons. The summed E-state index contributed by atoms with van der Waals surface area (Å²) in [6, 6.07) is 9.70. The average molecular weight is 287 g/mol. The Kier molecular flexibility index (Phi) is 4.99. The van der Waals surface area contributed by atoms with Crippen LogP contribution in [0, 0.1) is 28.6 Å². The predicted molar refractivity (Wildman–Crippen MR) is 74.3 cm³/mol. The second-order valence-electron chi connectivity index (χ2n) is 4.64. The lowest BCUT2D eigenvalue weighted by atomic mass is 9.95. The van der Waals surface area contributed by atoms with Crippen molar-refractivity contribution in [3.05, 3.63) is 23.8 Å². The van der Waals surface area contributed by atoms with Gasteiger partial charge >= 0.3 is 0 Å². The Hall–Kier alpha value is -2.28. The van der Waals surface area contributed by atoms with Gasteiger partial charge in [-0.05, 0) is 17.7 Å². The number of hydroxylamine groups is 2. The topological polar surface area (TPSA) is 78.5 Å². The standard InChI is InChI=1S/C15H17N3O3/c1-19-13-5-4-11(8-14(13)20-2)15-12(9-17)10-21-18(15)7-3-6-16/h4-5,8,12,15H,3,7,10H2,1-2H3/t12-,15-/m0/s1. The summed E-state index contributed by atoms with van der Waals surface area (Å²) in [5.74, 6) is 0.970. The smallest absolute Gasteiger partial charge is 0.161 e. The second-order valence-corrected chi connectivity index (χ2v) is 4.64. The summed E-state index contributed by atoms with van der Waals surface area (Å²) >= 11 is 0. The number of ether oxygens (including phenoxy) is 2. The Labute approximate surface area is 124 Å². The van der Waals surface area contributed by atoms with Crippen LogP contribution in [0.4, 0.5) is 0 Å². The molecule has 2 atom stereocenters. The lowest BCUT2D eigenvalue weighted by molar-refractivity contribution is -0.131. The van der Waals surface area contributed by atoms with Crippen LogP contribution < -0.4 is 9.47 Å². The average Bonchev–Trinajstić information content (AvgIpc) is 2.95. The molecule has 0 amide bonds. The first kappa shape index (κ1) is 15.1. The first-order chi connectivity index (χ1) is 10.2. The van der Waals surface area contributed by atoms with Gasteiger partial charge in [0.2, 0.25) is 0 Å². The first-order valence-electron chi connectivity index (χ1n) is 6.63. The zero-order valence-electron chi connectivity index (χ0n) is 12.1. The Morgan fingerprint density at radius 2 is 2.05 bits per heavy atom. The van der Waals surface area contributed by atoms with Crippen molar-refractivity contribution < 1.29 is 14.3 Å². The highest BCUT2D eigenvalue weighted by molar-refractivity contribution is 5.44. The Morgan fingerprint density at radius 3 is 2.67 bits per heavy atom. The SMILES string of the molecule is COc1ccc([C@H]2[C@@H](C#N)CON2CCC#N)cc1OC. The molecule has 2 rings (SSSR count). The van der Waals surface area contributed by atoms with Gasteiger partial charge in [-0.3, -0.25) is 4.84 Å². The van der Waals surface area contributed by atoms with Crippen LogP contribution in [0.1, 0.15) is 18.0 Å². The molecule has 6 nitrogen and oxygen atoms in total. The fourth-order valence-corrected chi connectivity index (χ4v) is 2.46. The summed E-state index contributed by atoms with van der Waals surface area (Å²) in [6.07, 6.45) is 0.349. The van der Waals surface area contributed by atoms with E-state index >= 15 is 0 Å². The van der Waals surface area contributed by atoms with E-state index in [-0.39, 0.29) is 12.0 Å². The van der Waals surface area contributed by atoms with Gasteiger partial charge in [-0.25, -0.2) is 0 Å². The van der Waals surface area contributed by atoms with E-state index in [2.05, 4.69) is 12.1 Å². The summed E-state index contributed by atoms with van der Waals surface area (Å²) in [5.41, 5.74) is 0.912. The van der Waals surface area contributed by atoms with Gasteiger partial charge in [-0.2, -0.15) is 15.6 Å². The molecule has 0 unspecified atom stereocenters. The fourth-order valence-electron chi connectivity index (χ4n) is 2.46. The first-order valence-corrected chi connectivity index (χ1v) is 6.63. The van der Waals surface area contributed by atoms with E-state index in [4.69, 9.17) is 19.6 Å². The molecule has 1 aromatic carbocycles. The number of methoxy groups -OCH3 is 2. The molecular formula is C15H17N3O3. The predicted octanol–water partition coefficient (Wildman–Crippen LogP) is 2.05. The highest BCUT2D eigenvalue weighted by Gasteiger charge is 2.37. The number of hydrogen-bond acceptors (Lipinski definition) is 6. The molecule has 6 heteroatoms. The minimum atomic E-state index is -0.276. The van der Waals surface area contributed by atoms with Crippen molar-refractivity contribution in [3.63, 3.8) is 0 Å². The van der Waals surface area contributed by atoms with Crippen LogP contribution in [0.15, 0.2) is 18.2 Å². The van der Waals surface area contributed by atoms with Crippen LogP contribution in [-0.4, -0.2) is 32.4 Å². The van der Waals surface area contributed by atoms with E-state index < -0.39 is 0 Å². The Morgan fingerprint density at radius 1 is 1.29 bits per heavy atom. The number of nitriles is 2. The molecule has 1 heterocycles. The maximum Gasteiger partial charge on any atom is 0.161 e. The van der Waals surface area contributed by atoms with Crippen molar-refractivity contribution in [3.8, 4) is 23.6 Å². The van der Waals surface area contributed by atoms with E-state index in [0.29, 0.717) is 31.1 Å². The monoisotopic (exact) mass is 287 g/mol. The van der Waals surface area contributed by atoms with Crippen LogP contribution in [0.5, 0.6) is 11.5 Å². The molecule has 0 N–H and O–H groups in total. The van der Waals surface area contributed by atoms with Crippen molar-refractivity contribution in [2.24, 2.45) is 5.92 Å². The molecule has 1 aliphatic rings. The quantitative estimate of drug-likeness (QED) is 0.824. The molecule has 0 saturated carbocycles. The van der Waals surface area contributed by atoms with Crippen LogP contribution in [0.3, 0.4) is 0 Å². The minimum absolute atomic E-state index is 0.205. The van der Waals surface area contributed by atoms with E-state index in [1.807, 2.05) is 18.2 Å². The van der Waals surface area contributed by atoms with Gasteiger partial charge in [0.1, 0.15) is 0 Å². The number of rotatable bonds is 5. The van der Waals surface area contributed by atoms with E-state index in [9.17, 15) is 5.26 Å². The van der Waals surface area contributed by atoms with Gasteiger partial charge in [-0.15, -0.1) is 0 Å². The molecular weight excluding hydrogens is 270 g/mol. The maximum atomic E-state index is 9.29. The van der Waals surface area contributed by atoms with Gasteiger partial charge in [0.25, 0.3) is 0 Å². The van der Waals surface area contributed by atoms with Gasteiger partial charge in [0.15, 0.2) is 11.5 Å². The Bertz CT molecular complexity index is 577. The molecule has 0 aromatic heterocycles. The third kappa shape index (κ3) is 3.08. The highest BCUT2D eigenvalue weighted by Crippen LogP contribution is 2.38. The van der Waals surface area contributed by atoms with Crippen LogP contribution in [0.2, 0.25) is 0 Å². The molecule has 1 aromatic rings. The fraction of sp³-hybridized carbons (Fsp3) is 0.467. The maximum absolute atomic E-state index is 9.29. The largest absolute Gasteiger partial charge is 0.493 e.